The molecular formula is C18H29N5O. The standard InChI is InChI=1S/C18H29N5O/c1-11-8-19-22(10-11)17-15(7-16(17)24)21-12(2)14-9-20-23(13(14)3)18(4,5)6/h8-10,12,15-17,21,24H,7H2,1-6H3/t12?,15-,16+,17+/m0/s1. The first kappa shape index (κ1) is 17.2. The third kappa shape index (κ3) is 3.00. The monoisotopic (exact) mass is 331 g/mol. The van der Waals surface area contributed by atoms with Crippen LogP contribution in [0.15, 0.2) is 18.6 Å². The Bertz CT molecular complexity index is 711. The second-order valence-electron chi connectivity index (χ2n) is 8.05. The van der Waals surface area contributed by atoms with Crippen LogP contribution in [0, 0.1) is 13.8 Å². The molecule has 0 amide bonds. The Morgan fingerprint density at radius 2 is 1.96 bits per heavy atom. The second kappa shape index (κ2) is 6.01. The molecule has 2 heterocycles. The number of aryl methyl sites for hydroxylation is 1. The van der Waals surface area contributed by atoms with Crippen LogP contribution in [0.5, 0.6) is 0 Å². The van der Waals surface area contributed by atoms with Crippen molar-refractivity contribution in [3.8, 4) is 0 Å². The van der Waals surface area contributed by atoms with Gasteiger partial charge in [-0.2, -0.15) is 10.2 Å². The smallest absolute Gasteiger partial charge is 0.0932 e. The van der Waals surface area contributed by atoms with Crippen LogP contribution in [0.4, 0.5) is 0 Å². The Balaban J connectivity index is 1.73. The molecular weight excluding hydrogens is 302 g/mol. The van der Waals surface area contributed by atoms with E-state index in [1.807, 2.05) is 30.2 Å². The Morgan fingerprint density at radius 1 is 1.25 bits per heavy atom. The van der Waals surface area contributed by atoms with E-state index in [9.17, 15) is 5.11 Å². The Labute approximate surface area is 143 Å². The average molecular weight is 331 g/mol. The molecule has 0 radical (unpaired) electrons. The second-order valence-corrected chi connectivity index (χ2v) is 8.05. The van der Waals surface area contributed by atoms with Crippen molar-refractivity contribution in [2.45, 2.75) is 77.7 Å². The lowest BCUT2D eigenvalue weighted by atomic mass is 9.82. The molecule has 24 heavy (non-hydrogen) atoms. The first-order valence-electron chi connectivity index (χ1n) is 8.68. The van der Waals surface area contributed by atoms with Gasteiger partial charge < -0.3 is 10.4 Å². The lowest BCUT2D eigenvalue weighted by molar-refractivity contribution is -0.0111. The largest absolute Gasteiger partial charge is 0.391 e. The van der Waals surface area contributed by atoms with E-state index in [0.29, 0.717) is 0 Å². The summed E-state index contributed by atoms with van der Waals surface area (Å²) in [6.07, 6.45) is 6.20. The molecule has 0 aromatic carbocycles. The minimum atomic E-state index is -0.340. The van der Waals surface area contributed by atoms with Gasteiger partial charge in [0.1, 0.15) is 0 Å². The number of rotatable bonds is 4. The maximum absolute atomic E-state index is 10.2. The maximum atomic E-state index is 10.2. The zero-order valence-corrected chi connectivity index (χ0v) is 15.5. The topological polar surface area (TPSA) is 67.9 Å². The molecule has 1 saturated carbocycles. The number of aromatic nitrogens is 4. The van der Waals surface area contributed by atoms with Crippen molar-refractivity contribution in [1.82, 2.24) is 24.9 Å². The molecule has 2 aromatic heterocycles. The Morgan fingerprint density at radius 3 is 2.46 bits per heavy atom. The van der Waals surface area contributed by atoms with Crippen molar-refractivity contribution in [2.24, 2.45) is 0 Å². The van der Waals surface area contributed by atoms with Crippen molar-refractivity contribution in [3.05, 3.63) is 35.4 Å². The molecule has 2 aromatic rings. The molecule has 1 aliphatic carbocycles. The van der Waals surface area contributed by atoms with E-state index in [4.69, 9.17) is 0 Å². The summed E-state index contributed by atoms with van der Waals surface area (Å²) in [5.41, 5.74) is 3.49. The van der Waals surface area contributed by atoms with Crippen molar-refractivity contribution in [3.63, 3.8) is 0 Å². The summed E-state index contributed by atoms with van der Waals surface area (Å²) in [6.45, 7) is 12.8. The van der Waals surface area contributed by atoms with E-state index in [1.165, 1.54) is 11.3 Å². The molecule has 1 unspecified atom stereocenters. The summed E-state index contributed by atoms with van der Waals surface area (Å²) in [5, 5.41) is 22.8. The van der Waals surface area contributed by atoms with Crippen molar-refractivity contribution < 1.29 is 5.11 Å². The zero-order valence-electron chi connectivity index (χ0n) is 15.5. The van der Waals surface area contributed by atoms with Crippen LogP contribution in [-0.2, 0) is 5.54 Å². The van der Waals surface area contributed by atoms with Crippen molar-refractivity contribution >= 4 is 0 Å². The molecule has 1 fully saturated rings. The van der Waals surface area contributed by atoms with E-state index in [-0.39, 0.29) is 29.8 Å². The number of aliphatic hydroxyl groups excluding tert-OH is 1. The number of nitrogens with one attached hydrogen (secondary N) is 1. The van der Waals surface area contributed by atoms with E-state index in [1.54, 1.807) is 0 Å². The third-order valence-corrected chi connectivity index (χ3v) is 4.95. The highest BCUT2D eigenvalue weighted by atomic mass is 16.3. The molecule has 0 aliphatic heterocycles. The van der Waals surface area contributed by atoms with Crippen molar-refractivity contribution in [2.75, 3.05) is 0 Å². The predicted octanol–water partition coefficient (Wildman–Crippen LogP) is 2.48. The van der Waals surface area contributed by atoms with Gasteiger partial charge >= 0.3 is 0 Å². The Kier molecular flexibility index (Phi) is 4.30. The van der Waals surface area contributed by atoms with Gasteiger partial charge in [-0.1, -0.05) is 0 Å². The van der Waals surface area contributed by atoms with Gasteiger partial charge in [0.2, 0.25) is 0 Å². The number of aliphatic hydroxyl groups is 1. The predicted molar refractivity (Wildman–Crippen MR) is 93.9 cm³/mol. The number of hydrogen-bond acceptors (Lipinski definition) is 4. The molecule has 4 atom stereocenters. The lowest BCUT2D eigenvalue weighted by Crippen LogP contribution is -2.55. The summed E-state index contributed by atoms with van der Waals surface area (Å²) in [7, 11) is 0. The average Bonchev–Trinajstić information content (AvgIpc) is 3.03. The van der Waals surface area contributed by atoms with Gasteiger partial charge in [-0.15, -0.1) is 0 Å². The normalized spacial score (nSPS) is 25.5. The molecule has 0 bridgehead atoms. The summed E-state index contributed by atoms with van der Waals surface area (Å²) >= 11 is 0. The fraction of sp³-hybridized carbons (Fsp3) is 0.667. The number of nitrogens with zero attached hydrogens (tertiary/aromatic N) is 4. The minimum Gasteiger partial charge on any atom is -0.391 e. The van der Waals surface area contributed by atoms with Gasteiger partial charge in [0.05, 0.1) is 30.1 Å². The van der Waals surface area contributed by atoms with Crippen LogP contribution < -0.4 is 5.32 Å². The van der Waals surface area contributed by atoms with Gasteiger partial charge in [0, 0.05) is 29.5 Å². The highest BCUT2D eigenvalue weighted by molar-refractivity contribution is 5.22. The molecule has 0 spiro atoms. The minimum absolute atomic E-state index is 0.000817. The summed E-state index contributed by atoms with van der Waals surface area (Å²) in [6, 6.07) is 0.392. The van der Waals surface area contributed by atoms with Gasteiger partial charge in [0.15, 0.2) is 0 Å². The van der Waals surface area contributed by atoms with E-state index in [0.717, 1.165) is 12.0 Å². The molecule has 1 aliphatic rings. The fourth-order valence-corrected chi connectivity index (χ4v) is 3.67. The zero-order chi connectivity index (χ0) is 17.6. The van der Waals surface area contributed by atoms with E-state index >= 15 is 0 Å². The highest BCUT2D eigenvalue weighted by Crippen LogP contribution is 2.34. The van der Waals surface area contributed by atoms with Crippen molar-refractivity contribution in [1.29, 1.82) is 0 Å². The van der Waals surface area contributed by atoms with E-state index in [2.05, 4.69) is 54.8 Å². The summed E-state index contributed by atoms with van der Waals surface area (Å²) in [5.74, 6) is 0. The maximum Gasteiger partial charge on any atom is 0.0932 e. The Hall–Kier alpha value is -1.66. The van der Waals surface area contributed by atoms with Crippen LogP contribution in [0.2, 0.25) is 0 Å². The SMILES string of the molecule is Cc1cnn([C@H]2[C@H](O)C[C@@H]2NC(C)c2cnn(C(C)(C)C)c2C)c1. The summed E-state index contributed by atoms with van der Waals surface area (Å²) < 4.78 is 3.96. The summed E-state index contributed by atoms with van der Waals surface area (Å²) in [4.78, 5) is 0. The molecule has 3 rings (SSSR count). The fourth-order valence-electron chi connectivity index (χ4n) is 3.67. The van der Waals surface area contributed by atoms with Crippen LogP contribution >= 0.6 is 0 Å². The van der Waals surface area contributed by atoms with Crippen LogP contribution in [0.3, 0.4) is 0 Å². The first-order chi connectivity index (χ1) is 11.2. The lowest BCUT2D eigenvalue weighted by Gasteiger charge is -2.43. The first-order valence-corrected chi connectivity index (χ1v) is 8.68. The van der Waals surface area contributed by atoms with Gasteiger partial charge in [-0.05, 0) is 53.5 Å². The van der Waals surface area contributed by atoms with Crippen LogP contribution in [0.25, 0.3) is 0 Å². The highest BCUT2D eigenvalue weighted by Gasteiger charge is 2.42. The van der Waals surface area contributed by atoms with E-state index < -0.39 is 0 Å². The molecule has 0 saturated heterocycles. The molecule has 6 heteroatoms. The number of hydrogen-bond donors (Lipinski definition) is 2. The van der Waals surface area contributed by atoms with Gasteiger partial charge in [-0.25, -0.2) is 0 Å². The van der Waals surface area contributed by atoms with Gasteiger partial charge in [0.25, 0.3) is 0 Å². The third-order valence-electron chi connectivity index (χ3n) is 4.95. The van der Waals surface area contributed by atoms with Crippen LogP contribution in [-0.4, -0.2) is 36.8 Å². The molecule has 2 N–H and O–H groups in total. The van der Waals surface area contributed by atoms with Crippen LogP contribution in [0.1, 0.15) is 63.0 Å². The quantitative estimate of drug-likeness (QED) is 0.903. The molecule has 132 valence electrons. The van der Waals surface area contributed by atoms with Gasteiger partial charge in [-0.3, -0.25) is 9.36 Å². The molecule has 6 nitrogen and oxygen atoms in total.